The van der Waals surface area contributed by atoms with Crippen molar-refractivity contribution in [3.8, 4) is 0 Å². The van der Waals surface area contributed by atoms with E-state index >= 15 is 0 Å². The molecule has 2 heterocycles. The molecule has 0 aliphatic heterocycles. The second-order valence-corrected chi connectivity index (χ2v) is 7.68. The molecule has 22 heavy (non-hydrogen) atoms. The lowest BCUT2D eigenvalue weighted by atomic mass is 10.2. The molecule has 0 spiro atoms. The van der Waals surface area contributed by atoms with Gasteiger partial charge < -0.3 is 8.94 Å². The topological polar surface area (TPSA) is 76.6 Å². The van der Waals surface area contributed by atoms with Gasteiger partial charge in [-0.05, 0) is 31.9 Å². The summed E-state index contributed by atoms with van der Waals surface area (Å²) in [5.74, 6) is 0.870. The fourth-order valence-electron chi connectivity index (χ4n) is 2.95. The quantitative estimate of drug-likeness (QED) is 0.816. The van der Waals surface area contributed by atoms with Gasteiger partial charge in [-0.15, -0.1) is 0 Å². The standard InChI is InChI=1S/C15H20N2O4S/c1-12-9-15(21-16-12)11-22(18,19)17(13-5-2-3-6-13)10-14-7-4-8-20-14/h4,7-9,13H,2-3,5-6,10-11H2,1H3. The number of aryl methyl sites for hydroxylation is 1. The van der Waals surface area contributed by atoms with Crippen LogP contribution in [0.2, 0.25) is 0 Å². The zero-order chi connectivity index (χ0) is 15.6. The lowest BCUT2D eigenvalue weighted by molar-refractivity contribution is 0.289. The van der Waals surface area contributed by atoms with Gasteiger partial charge in [0, 0.05) is 12.1 Å². The van der Waals surface area contributed by atoms with Crippen LogP contribution in [0.3, 0.4) is 0 Å². The zero-order valence-electron chi connectivity index (χ0n) is 12.6. The van der Waals surface area contributed by atoms with Gasteiger partial charge in [0.25, 0.3) is 0 Å². The molecular formula is C15H20N2O4S. The van der Waals surface area contributed by atoms with E-state index in [0.717, 1.165) is 25.7 Å². The first-order chi connectivity index (χ1) is 10.5. The summed E-state index contributed by atoms with van der Waals surface area (Å²) >= 11 is 0. The summed E-state index contributed by atoms with van der Waals surface area (Å²) in [7, 11) is -3.48. The maximum absolute atomic E-state index is 12.8. The number of hydrogen-bond donors (Lipinski definition) is 0. The fraction of sp³-hybridized carbons (Fsp3) is 0.533. The summed E-state index contributed by atoms with van der Waals surface area (Å²) in [5, 5.41) is 3.76. The predicted octanol–water partition coefficient (Wildman–Crippen LogP) is 2.85. The van der Waals surface area contributed by atoms with Gasteiger partial charge in [-0.3, -0.25) is 0 Å². The smallest absolute Gasteiger partial charge is 0.222 e. The molecule has 0 unspecified atom stereocenters. The van der Waals surface area contributed by atoms with E-state index in [-0.39, 0.29) is 18.3 Å². The molecule has 0 saturated heterocycles. The van der Waals surface area contributed by atoms with Crippen molar-refractivity contribution in [1.82, 2.24) is 9.46 Å². The van der Waals surface area contributed by atoms with Gasteiger partial charge in [0.1, 0.15) is 11.5 Å². The van der Waals surface area contributed by atoms with Crippen molar-refractivity contribution < 1.29 is 17.4 Å². The Bertz CT molecular complexity index is 700. The summed E-state index contributed by atoms with van der Waals surface area (Å²) in [6, 6.07) is 5.28. The molecule has 0 amide bonds. The molecule has 7 heteroatoms. The first-order valence-electron chi connectivity index (χ1n) is 7.49. The average molecular weight is 324 g/mol. The minimum Gasteiger partial charge on any atom is -0.468 e. The molecule has 1 saturated carbocycles. The molecule has 0 aromatic carbocycles. The summed E-state index contributed by atoms with van der Waals surface area (Å²) in [4.78, 5) is 0. The Morgan fingerprint density at radius 1 is 1.32 bits per heavy atom. The average Bonchev–Trinajstić information content (AvgIpc) is 3.17. The van der Waals surface area contributed by atoms with Crippen LogP contribution in [0.5, 0.6) is 0 Å². The van der Waals surface area contributed by atoms with E-state index in [1.165, 1.54) is 0 Å². The Morgan fingerprint density at radius 2 is 2.09 bits per heavy atom. The van der Waals surface area contributed by atoms with Crippen LogP contribution in [0.15, 0.2) is 33.4 Å². The molecule has 3 rings (SSSR count). The molecule has 0 bridgehead atoms. The van der Waals surface area contributed by atoms with Crippen LogP contribution >= 0.6 is 0 Å². The number of hydrogen-bond acceptors (Lipinski definition) is 5. The third-order valence-electron chi connectivity index (χ3n) is 3.98. The van der Waals surface area contributed by atoms with Crippen molar-refractivity contribution in [3.63, 3.8) is 0 Å². The van der Waals surface area contributed by atoms with Gasteiger partial charge in [0.05, 0.1) is 18.5 Å². The Kier molecular flexibility index (Phi) is 4.35. The zero-order valence-corrected chi connectivity index (χ0v) is 13.4. The third-order valence-corrected chi connectivity index (χ3v) is 5.77. The first kappa shape index (κ1) is 15.3. The Hall–Kier alpha value is -1.60. The first-order valence-corrected chi connectivity index (χ1v) is 9.09. The van der Waals surface area contributed by atoms with Crippen LogP contribution in [0.4, 0.5) is 0 Å². The SMILES string of the molecule is Cc1cc(CS(=O)(=O)N(Cc2ccco2)C2CCCC2)on1. The largest absolute Gasteiger partial charge is 0.468 e. The van der Waals surface area contributed by atoms with Gasteiger partial charge >= 0.3 is 0 Å². The van der Waals surface area contributed by atoms with Crippen LogP contribution in [0.25, 0.3) is 0 Å². The lowest BCUT2D eigenvalue weighted by Crippen LogP contribution is -2.38. The van der Waals surface area contributed by atoms with E-state index in [2.05, 4.69) is 5.16 Å². The molecular weight excluding hydrogens is 304 g/mol. The number of furan rings is 1. The molecule has 120 valence electrons. The molecule has 0 N–H and O–H groups in total. The van der Waals surface area contributed by atoms with Crippen molar-refractivity contribution in [2.75, 3.05) is 0 Å². The van der Waals surface area contributed by atoms with Crippen LogP contribution in [0, 0.1) is 6.92 Å². The molecule has 1 aliphatic carbocycles. The summed E-state index contributed by atoms with van der Waals surface area (Å²) in [6.45, 7) is 2.05. The maximum atomic E-state index is 12.8. The van der Waals surface area contributed by atoms with E-state index in [1.807, 2.05) is 0 Å². The van der Waals surface area contributed by atoms with Crippen LogP contribution in [0.1, 0.15) is 42.9 Å². The molecule has 6 nitrogen and oxygen atoms in total. The number of rotatable bonds is 6. The fourth-order valence-corrected chi connectivity index (χ4v) is 4.60. The van der Waals surface area contributed by atoms with Crippen LogP contribution in [-0.4, -0.2) is 23.9 Å². The molecule has 1 fully saturated rings. The van der Waals surface area contributed by atoms with E-state index in [0.29, 0.717) is 17.2 Å². The number of sulfonamides is 1. The second-order valence-electron chi connectivity index (χ2n) is 5.75. The summed E-state index contributed by atoms with van der Waals surface area (Å²) in [5.41, 5.74) is 0.684. The highest BCUT2D eigenvalue weighted by molar-refractivity contribution is 7.88. The third kappa shape index (κ3) is 3.41. The Balaban J connectivity index is 1.82. The Morgan fingerprint density at radius 3 is 2.68 bits per heavy atom. The van der Waals surface area contributed by atoms with E-state index in [4.69, 9.17) is 8.94 Å². The van der Waals surface area contributed by atoms with Gasteiger partial charge in [-0.1, -0.05) is 18.0 Å². The lowest BCUT2D eigenvalue weighted by Gasteiger charge is -2.26. The van der Waals surface area contributed by atoms with Crippen LogP contribution < -0.4 is 0 Å². The van der Waals surface area contributed by atoms with Crippen molar-refractivity contribution >= 4 is 10.0 Å². The molecule has 0 atom stereocenters. The predicted molar refractivity (Wildman–Crippen MR) is 80.4 cm³/mol. The molecule has 2 aromatic rings. The highest BCUT2D eigenvalue weighted by atomic mass is 32.2. The molecule has 1 aliphatic rings. The van der Waals surface area contributed by atoms with E-state index in [1.54, 1.807) is 35.7 Å². The number of aromatic nitrogens is 1. The van der Waals surface area contributed by atoms with Crippen molar-refractivity contribution in [2.45, 2.75) is 50.9 Å². The van der Waals surface area contributed by atoms with Crippen LogP contribution in [-0.2, 0) is 22.3 Å². The number of nitrogens with zero attached hydrogens (tertiary/aromatic N) is 2. The van der Waals surface area contributed by atoms with Gasteiger partial charge in [-0.2, -0.15) is 4.31 Å². The monoisotopic (exact) mass is 324 g/mol. The second kappa shape index (κ2) is 6.26. The summed E-state index contributed by atoms with van der Waals surface area (Å²) in [6.07, 6.45) is 5.49. The molecule has 0 radical (unpaired) electrons. The van der Waals surface area contributed by atoms with Gasteiger partial charge in [0.15, 0.2) is 5.76 Å². The van der Waals surface area contributed by atoms with Crippen molar-refractivity contribution in [3.05, 3.63) is 41.7 Å². The minimum atomic E-state index is -3.48. The van der Waals surface area contributed by atoms with Crippen molar-refractivity contribution in [2.24, 2.45) is 0 Å². The van der Waals surface area contributed by atoms with Gasteiger partial charge in [0.2, 0.25) is 10.0 Å². The van der Waals surface area contributed by atoms with E-state index in [9.17, 15) is 8.42 Å². The highest BCUT2D eigenvalue weighted by Gasteiger charge is 2.33. The van der Waals surface area contributed by atoms with E-state index < -0.39 is 10.0 Å². The summed E-state index contributed by atoms with van der Waals surface area (Å²) < 4.78 is 37.6. The Labute approximate surface area is 130 Å². The minimum absolute atomic E-state index is 0.0409. The molecule has 2 aromatic heterocycles. The van der Waals surface area contributed by atoms with Crippen molar-refractivity contribution in [1.29, 1.82) is 0 Å². The normalized spacial score (nSPS) is 16.6. The van der Waals surface area contributed by atoms with Gasteiger partial charge in [-0.25, -0.2) is 8.42 Å². The highest BCUT2D eigenvalue weighted by Crippen LogP contribution is 2.28. The maximum Gasteiger partial charge on any atom is 0.222 e.